The minimum Gasteiger partial charge on any atom is -0.389 e. The van der Waals surface area contributed by atoms with Crippen LogP contribution in [0.15, 0.2) is 28.7 Å². The molecule has 0 bridgehead atoms. The number of aliphatic hydroxyl groups excluding tert-OH is 2. The molecule has 20 heavy (non-hydrogen) atoms. The SMILES string of the molecule is O=C(CN1C[C@@H](O)[C@@H](O)C1)NC(=O)c1ccccc1Br. The van der Waals surface area contributed by atoms with Crippen LogP contribution < -0.4 is 5.32 Å². The monoisotopic (exact) mass is 342 g/mol. The molecule has 2 atom stereocenters. The first kappa shape index (κ1) is 15.1. The number of carbonyl (C=O) groups excluding carboxylic acids is 2. The maximum atomic E-state index is 11.9. The maximum absolute atomic E-state index is 11.9. The van der Waals surface area contributed by atoms with Crippen molar-refractivity contribution in [3.8, 4) is 0 Å². The Bertz CT molecular complexity index is 513. The first-order valence-corrected chi connectivity index (χ1v) is 6.94. The van der Waals surface area contributed by atoms with E-state index in [1.807, 2.05) is 0 Å². The van der Waals surface area contributed by atoms with Gasteiger partial charge in [0.15, 0.2) is 0 Å². The second kappa shape index (κ2) is 6.45. The summed E-state index contributed by atoms with van der Waals surface area (Å²) in [4.78, 5) is 25.2. The second-order valence-corrected chi connectivity index (χ2v) is 5.54. The number of amides is 2. The number of β-amino-alcohol motifs (C(OH)–C–C–N with tert-alkyl or cyclic N) is 2. The van der Waals surface area contributed by atoms with Gasteiger partial charge in [0.25, 0.3) is 5.91 Å². The highest BCUT2D eigenvalue weighted by molar-refractivity contribution is 9.10. The number of halogens is 1. The minimum atomic E-state index is -0.846. The van der Waals surface area contributed by atoms with Crippen molar-refractivity contribution in [2.45, 2.75) is 12.2 Å². The topological polar surface area (TPSA) is 89.9 Å². The Morgan fingerprint density at radius 3 is 2.45 bits per heavy atom. The minimum absolute atomic E-state index is 0.0374. The normalized spacial score (nSPS) is 22.8. The third-order valence-electron chi connectivity index (χ3n) is 3.07. The average molecular weight is 343 g/mol. The fourth-order valence-corrected chi connectivity index (χ4v) is 2.52. The van der Waals surface area contributed by atoms with Crippen LogP contribution in [0.2, 0.25) is 0 Å². The number of carbonyl (C=O) groups is 2. The van der Waals surface area contributed by atoms with E-state index in [0.29, 0.717) is 10.0 Å². The third kappa shape index (κ3) is 3.63. The molecule has 1 aliphatic rings. The van der Waals surface area contributed by atoms with Crippen molar-refractivity contribution >= 4 is 27.7 Å². The number of aliphatic hydroxyl groups is 2. The lowest BCUT2D eigenvalue weighted by Crippen LogP contribution is -2.39. The molecule has 1 heterocycles. The smallest absolute Gasteiger partial charge is 0.259 e. The summed E-state index contributed by atoms with van der Waals surface area (Å²) in [5.41, 5.74) is 0.377. The van der Waals surface area contributed by atoms with Gasteiger partial charge in [0.05, 0.1) is 24.3 Å². The van der Waals surface area contributed by atoms with Gasteiger partial charge < -0.3 is 10.2 Å². The fraction of sp³-hybridized carbons (Fsp3) is 0.385. The van der Waals surface area contributed by atoms with E-state index >= 15 is 0 Å². The van der Waals surface area contributed by atoms with Crippen LogP contribution in [0.5, 0.6) is 0 Å². The zero-order valence-corrected chi connectivity index (χ0v) is 12.2. The summed E-state index contributed by atoms with van der Waals surface area (Å²) in [5.74, 6) is -0.949. The van der Waals surface area contributed by atoms with Gasteiger partial charge in [-0.2, -0.15) is 0 Å². The van der Waals surface area contributed by atoms with Gasteiger partial charge in [-0.05, 0) is 28.1 Å². The number of hydrogen-bond donors (Lipinski definition) is 3. The Balaban J connectivity index is 1.89. The van der Waals surface area contributed by atoms with Crippen LogP contribution in [-0.2, 0) is 4.79 Å². The molecule has 3 N–H and O–H groups in total. The predicted octanol–water partition coefficient (Wildman–Crippen LogP) is -0.257. The summed E-state index contributed by atoms with van der Waals surface area (Å²) >= 11 is 3.24. The number of likely N-dealkylation sites (tertiary alicyclic amines) is 1. The molecular weight excluding hydrogens is 328 g/mol. The van der Waals surface area contributed by atoms with Gasteiger partial charge in [-0.1, -0.05) is 12.1 Å². The zero-order valence-electron chi connectivity index (χ0n) is 10.6. The Hall–Kier alpha value is -1.28. The molecule has 2 amide bonds. The first-order chi connectivity index (χ1) is 9.47. The lowest BCUT2D eigenvalue weighted by atomic mass is 10.2. The van der Waals surface area contributed by atoms with Crippen molar-refractivity contribution in [1.29, 1.82) is 0 Å². The van der Waals surface area contributed by atoms with Gasteiger partial charge in [-0.25, -0.2) is 0 Å². The highest BCUT2D eigenvalue weighted by Gasteiger charge is 2.30. The summed E-state index contributed by atoms with van der Waals surface area (Å²) in [7, 11) is 0. The Morgan fingerprint density at radius 2 is 1.85 bits per heavy atom. The quantitative estimate of drug-likeness (QED) is 0.704. The van der Waals surface area contributed by atoms with E-state index in [1.165, 1.54) is 0 Å². The molecule has 0 saturated carbocycles. The molecule has 0 unspecified atom stereocenters. The second-order valence-electron chi connectivity index (χ2n) is 4.69. The fourth-order valence-electron chi connectivity index (χ4n) is 2.06. The molecular formula is C13H15BrN2O4. The van der Waals surface area contributed by atoms with Crippen LogP contribution in [0.25, 0.3) is 0 Å². The summed E-state index contributed by atoms with van der Waals surface area (Å²) in [6.45, 7) is 0.403. The summed E-state index contributed by atoms with van der Waals surface area (Å²) in [5, 5.41) is 21.0. The summed E-state index contributed by atoms with van der Waals surface area (Å²) < 4.78 is 0.609. The Labute approximate surface area is 124 Å². The number of rotatable bonds is 3. The number of benzene rings is 1. The highest BCUT2D eigenvalue weighted by atomic mass is 79.9. The molecule has 0 spiro atoms. The van der Waals surface area contributed by atoms with Crippen LogP contribution in [0.3, 0.4) is 0 Å². The van der Waals surface area contributed by atoms with Crippen LogP contribution >= 0.6 is 15.9 Å². The third-order valence-corrected chi connectivity index (χ3v) is 3.76. The van der Waals surface area contributed by atoms with Crippen molar-refractivity contribution in [1.82, 2.24) is 10.2 Å². The lowest BCUT2D eigenvalue weighted by molar-refractivity contribution is -0.121. The van der Waals surface area contributed by atoms with Crippen LogP contribution in [0.4, 0.5) is 0 Å². The van der Waals surface area contributed by atoms with Gasteiger partial charge in [0, 0.05) is 17.6 Å². The van der Waals surface area contributed by atoms with Crippen molar-refractivity contribution < 1.29 is 19.8 Å². The van der Waals surface area contributed by atoms with Crippen molar-refractivity contribution in [3.63, 3.8) is 0 Å². The molecule has 1 saturated heterocycles. The Kier molecular flexibility index (Phi) is 4.87. The molecule has 1 aromatic carbocycles. The van der Waals surface area contributed by atoms with E-state index in [0.717, 1.165) is 0 Å². The average Bonchev–Trinajstić information content (AvgIpc) is 2.68. The number of nitrogens with zero attached hydrogens (tertiary/aromatic N) is 1. The molecule has 0 aromatic heterocycles. The molecule has 1 aromatic rings. The number of hydrogen-bond acceptors (Lipinski definition) is 5. The van der Waals surface area contributed by atoms with E-state index in [1.54, 1.807) is 29.2 Å². The molecule has 7 heteroatoms. The number of nitrogens with one attached hydrogen (secondary N) is 1. The van der Waals surface area contributed by atoms with E-state index < -0.39 is 24.0 Å². The van der Waals surface area contributed by atoms with Gasteiger partial charge in [0.1, 0.15) is 0 Å². The van der Waals surface area contributed by atoms with E-state index in [4.69, 9.17) is 0 Å². The molecule has 0 aliphatic carbocycles. The molecule has 108 valence electrons. The van der Waals surface area contributed by atoms with Crippen LogP contribution in [-0.4, -0.2) is 58.8 Å². The van der Waals surface area contributed by atoms with Gasteiger partial charge in [0.2, 0.25) is 5.91 Å². The predicted molar refractivity (Wildman–Crippen MR) is 75.1 cm³/mol. The standard InChI is InChI=1S/C13H15BrN2O4/c14-9-4-2-1-3-8(9)13(20)15-12(19)7-16-5-10(17)11(18)6-16/h1-4,10-11,17-18H,5-7H2,(H,15,19,20)/t10-,11+. The largest absolute Gasteiger partial charge is 0.389 e. The molecule has 1 fully saturated rings. The van der Waals surface area contributed by atoms with Crippen LogP contribution in [0.1, 0.15) is 10.4 Å². The highest BCUT2D eigenvalue weighted by Crippen LogP contribution is 2.15. The zero-order chi connectivity index (χ0) is 14.7. The first-order valence-electron chi connectivity index (χ1n) is 6.14. The van der Waals surface area contributed by atoms with E-state index in [-0.39, 0.29) is 19.6 Å². The van der Waals surface area contributed by atoms with Gasteiger partial charge in [-0.3, -0.25) is 19.8 Å². The van der Waals surface area contributed by atoms with E-state index in [9.17, 15) is 19.8 Å². The summed E-state index contributed by atoms with van der Waals surface area (Å²) in [6, 6.07) is 6.80. The van der Waals surface area contributed by atoms with Crippen molar-refractivity contribution in [2.24, 2.45) is 0 Å². The Morgan fingerprint density at radius 1 is 1.25 bits per heavy atom. The van der Waals surface area contributed by atoms with Crippen molar-refractivity contribution in [3.05, 3.63) is 34.3 Å². The molecule has 1 aliphatic heterocycles. The van der Waals surface area contributed by atoms with Crippen molar-refractivity contribution in [2.75, 3.05) is 19.6 Å². The number of imide groups is 1. The van der Waals surface area contributed by atoms with E-state index in [2.05, 4.69) is 21.2 Å². The lowest BCUT2D eigenvalue weighted by Gasteiger charge is -2.13. The van der Waals surface area contributed by atoms with Gasteiger partial charge >= 0.3 is 0 Å². The van der Waals surface area contributed by atoms with Gasteiger partial charge in [-0.15, -0.1) is 0 Å². The molecule has 2 rings (SSSR count). The summed E-state index contributed by atoms with van der Waals surface area (Å²) in [6.07, 6.45) is -1.69. The maximum Gasteiger partial charge on any atom is 0.259 e. The molecule has 6 nitrogen and oxygen atoms in total. The molecule has 0 radical (unpaired) electrons. The van der Waals surface area contributed by atoms with Crippen LogP contribution in [0, 0.1) is 0 Å².